The van der Waals surface area contributed by atoms with Crippen molar-refractivity contribution in [3.8, 4) is 0 Å². The molecule has 1 saturated heterocycles. The van der Waals surface area contributed by atoms with Crippen LogP contribution in [0.2, 0.25) is 0 Å². The minimum absolute atomic E-state index is 0.0400. The summed E-state index contributed by atoms with van der Waals surface area (Å²) in [4.78, 5) is 29.0. The Balaban J connectivity index is 1.50. The van der Waals surface area contributed by atoms with E-state index in [1.165, 1.54) is 6.07 Å². The summed E-state index contributed by atoms with van der Waals surface area (Å²) in [5.41, 5.74) is 0.165. The molecule has 2 aliphatic rings. The lowest BCUT2D eigenvalue weighted by Crippen LogP contribution is -2.41. The van der Waals surface area contributed by atoms with E-state index >= 15 is 4.39 Å². The fourth-order valence-electron chi connectivity index (χ4n) is 4.75. The second-order valence-electron chi connectivity index (χ2n) is 10.5. The lowest BCUT2D eigenvalue weighted by atomic mass is 9.75. The third-order valence-electron chi connectivity index (χ3n) is 7.59. The van der Waals surface area contributed by atoms with Gasteiger partial charge in [0.2, 0.25) is 5.91 Å². The molecule has 9 nitrogen and oxygen atoms in total. The number of nitrogens with zero attached hydrogens (tertiary/aromatic N) is 3. The van der Waals surface area contributed by atoms with Crippen LogP contribution in [0.1, 0.15) is 56.6 Å². The van der Waals surface area contributed by atoms with Crippen molar-refractivity contribution in [3.05, 3.63) is 53.7 Å². The van der Waals surface area contributed by atoms with Gasteiger partial charge >= 0.3 is 13.1 Å². The normalized spacial score (nSPS) is 18.9. The van der Waals surface area contributed by atoms with E-state index in [9.17, 15) is 14.7 Å². The van der Waals surface area contributed by atoms with E-state index in [1.54, 1.807) is 34.1 Å². The number of H-pyrrole nitrogens is 1. The van der Waals surface area contributed by atoms with Crippen LogP contribution < -0.4 is 5.46 Å². The van der Waals surface area contributed by atoms with Gasteiger partial charge in [-0.1, -0.05) is 12.1 Å². The minimum Gasteiger partial charge on any atom is -0.477 e. The molecule has 0 spiro atoms. The Morgan fingerprint density at radius 1 is 1.22 bits per heavy atom. The molecule has 1 amide bonds. The topological polar surface area (TPSA) is 110 Å². The van der Waals surface area contributed by atoms with Crippen LogP contribution in [0.5, 0.6) is 0 Å². The molecular weight excluding hydrogens is 478 g/mol. The number of amides is 1. The zero-order valence-corrected chi connectivity index (χ0v) is 21.4. The molecule has 0 bridgehead atoms. The predicted octanol–water partition coefficient (Wildman–Crippen LogP) is 3.21. The molecule has 1 aromatic carbocycles. The minimum atomic E-state index is -1.19. The van der Waals surface area contributed by atoms with Crippen molar-refractivity contribution in [1.29, 1.82) is 0 Å². The molecule has 0 radical (unpaired) electrons. The van der Waals surface area contributed by atoms with Crippen molar-refractivity contribution < 1.29 is 28.4 Å². The van der Waals surface area contributed by atoms with Gasteiger partial charge in [0.15, 0.2) is 5.82 Å². The zero-order chi connectivity index (χ0) is 26.5. The highest BCUT2D eigenvalue weighted by Gasteiger charge is 2.52. The number of carbonyl (C=O) groups excluding carboxylic acids is 1. The number of fused-ring (bicyclic) bond motifs is 1. The maximum Gasteiger partial charge on any atom is 0.495 e. The molecule has 3 aromatic rings. The van der Waals surface area contributed by atoms with Crippen LogP contribution in [-0.4, -0.2) is 68.1 Å². The van der Waals surface area contributed by atoms with Crippen molar-refractivity contribution in [2.45, 2.75) is 58.3 Å². The summed E-state index contributed by atoms with van der Waals surface area (Å²) in [6, 6.07) is 4.88. The van der Waals surface area contributed by atoms with E-state index < -0.39 is 30.1 Å². The number of carbonyl (C=O) groups is 2. The molecule has 0 atom stereocenters. The number of aromatic amines is 1. The van der Waals surface area contributed by atoms with E-state index in [4.69, 9.17) is 9.31 Å². The Morgan fingerprint density at radius 2 is 1.95 bits per heavy atom. The van der Waals surface area contributed by atoms with Gasteiger partial charge in [-0.3, -0.25) is 9.48 Å². The average molecular weight is 508 g/mol. The quantitative estimate of drug-likeness (QED) is 0.495. The third kappa shape index (κ3) is 4.57. The molecule has 4 heterocycles. The molecule has 5 rings (SSSR count). The molecule has 2 aliphatic heterocycles. The van der Waals surface area contributed by atoms with Gasteiger partial charge in [0, 0.05) is 49.4 Å². The number of hydrogen-bond donors (Lipinski definition) is 2. The SMILES string of the molecule is CC1(C)OB(c2cc(C3=CCCN(C(=O)CCn4cccn4)C3)c(F)c3[nH]c(C(=O)O)cc23)OC1(C)C. The van der Waals surface area contributed by atoms with Crippen LogP contribution in [0.3, 0.4) is 0 Å². The number of aromatic nitrogens is 3. The van der Waals surface area contributed by atoms with Gasteiger partial charge in [0.25, 0.3) is 0 Å². The molecule has 37 heavy (non-hydrogen) atoms. The maximum atomic E-state index is 15.9. The molecule has 194 valence electrons. The van der Waals surface area contributed by atoms with Gasteiger partial charge in [-0.15, -0.1) is 0 Å². The van der Waals surface area contributed by atoms with E-state index in [1.807, 2.05) is 33.8 Å². The van der Waals surface area contributed by atoms with Crippen molar-refractivity contribution >= 4 is 40.9 Å². The number of carboxylic acid groups (broad SMARTS) is 1. The molecule has 0 aliphatic carbocycles. The van der Waals surface area contributed by atoms with Gasteiger partial charge < -0.3 is 24.3 Å². The number of carboxylic acids is 1. The highest BCUT2D eigenvalue weighted by Crippen LogP contribution is 2.38. The monoisotopic (exact) mass is 508 g/mol. The summed E-state index contributed by atoms with van der Waals surface area (Å²) in [6.45, 7) is 8.94. The van der Waals surface area contributed by atoms with Crippen molar-refractivity contribution in [1.82, 2.24) is 19.7 Å². The number of aryl methyl sites for hydroxylation is 1. The van der Waals surface area contributed by atoms with Crippen LogP contribution in [0.4, 0.5) is 4.39 Å². The number of halogens is 1. The average Bonchev–Trinajstić information content (AvgIpc) is 3.56. The summed E-state index contributed by atoms with van der Waals surface area (Å²) in [7, 11) is -0.819. The highest BCUT2D eigenvalue weighted by atomic mass is 19.1. The van der Waals surface area contributed by atoms with Gasteiger partial charge in [-0.25, -0.2) is 9.18 Å². The van der Waals surface area contributed by atoms with Crippen LogP contribution in [0.15, 0.2) is 36.7 Å². The number of rotatable bonds is 6. The van der Waals surface area contributed by atoms with Crippen LogP contribution >= 0.6 is 0 Å². The van der Waals surface area contributed by atoms with Crippen molar-refractivity contribution in [3.63, 3.8) is 0 Å². The van der Waals surface area contributed by atoms with Crippen LogP contribution in [-0.2, 0) is 20.6 Å². The van der Waals surface area contributed by atoms with Crippen LogP contribution in [0, 0.1) is 5.82 Å². The van der Waals surface area contributed by atoms with E-state index in [0.29, 0.717) is 41.5 Å². The van der Waals surface area contributed by atoms with Crippen molar-refractivity contribution in [2.75, 3.05) is 13.1 Å². The van der Waals surface area contributed by atoms with E-state index in [2.05, 4.69) is 10.1 Å². The summed E-state index contributed by atoms with van der Waals surface area (Å²) >= 11 is 0. The largest absolute Gasteiger partial charge is 0.495 e. The lowest BCUT2D eigenvalue weighted by molar-refractivity contribution is -0.131. The predicted molar refractivity (Wildman–Crippen MR) is 137 cm³/mol. The van der Waals surface area contributed by atoms with E-state index in [0.717, 1.165) is 0 Å². The molecule has 1 fully saturated rings. The second-order valence-corrected chi connectivity index (χ2v) is 10.5. The molecular formula is C26H30BFN4O5. The first-order chi connectivity index (χ1) is 17.5. The summed E-state index contributed by atoms with van der Waals surface area (Å²) in [5.74, 6) is -1.80. The van der Waals surface area contributed by atoms with Crippen molar-refractivity contribution in [2.24, 2.45) is 0 Å². The number of aromatic carboxylic acids is 1. The fourth-order valence-corrected chi connectivity index (χ4v) is 4.75. The Labute approximate surface area is 214 Å². The molecule has 2 aromatic heterocycles. The molecule has 11 heteroatoms. The molecule has 0 unspecified atom stereocenters. The summed E-state index contributed by atoms with van der Waals surface area (Å²) in [5, 5.41) is 14.1. The fraction of sp³-hybridized carbons (Fsp3) is 0.423. The van der Waals surface area contributed by atoms with E-state index in [-0.39, 0.29) is 30.1 Å². The zero-order valence-electron chi connectivity index (χ0n) is 21.4. The van der Waals surface area contributed by atoms with Gasteiger partial charge in [0.1, 0.15) is 5.69 Å². The number of nitrogens with one attached hydrogen (secondary N) is 1. The Morgan fingerprint density at radius 3 is 2.59 bits per heavy atom. The third-order valence-corrected chi connectivity index (χ3v) is 7.59. The van der Waals surface area contributed by atoms with Gasteiger partial charge in [-0.05, 0) is 57.3 Å². The molecule has 0 saturated carbocycles. The smallest absolute Gasteiger partial charge is 0.477 e. The Bertz CT molecular complexity index is 1380. The Kier molecular flexibility index (Phi) is 6.23. The van der Waals surface area contributed by atoms with Gasteiger partial charge in [-0.2, -0.15) is 5.10 Å². The lowest BCUT2D eigenvalue weighted by Gasteiger charge is -2.32. The summed E-state index contributed by atoms with van der Waals surface area (Å²) in [6.07, 6.45) is 6.26. The Hall–Kier alpha value is -3.44. The first-order valence-corrected chi connectivity index (χ1v) is 12.4. The maximum absolute atomic E-state index is 15.9. The van der Waals surface area contributed by atoms with Crippen LogP contribution in [0.25, 0.3) is 16.5 Å². The molecule has 2 N–H and O–H groups in total. The first kappa shape index (κ1) is 25.2. The van der Waals surface area contributed by atoms with Gasteiger partial charge in [0.05, 0.1) is 16.7 Å². The second kappa shape index (κ2) is 9.14. The number of hydrogen-bond acceptors (Lipinski definition) is 5. The highest BCUT2D eigenvalue weighted by molar-refractivity contribution is 6.65. The standard InChI is InChI=1S/C26H30BFN4O5/c1-25(2)26(3,4)37-27(36-25)19-13-17(22(28)23-18(19)14-20(30-23)24(34)35)16-7-5-10-31(15-16)21(33)8-12-32-11-6-9-29-32/h6-7,9,11,13-14,30H,5,8,10,12,15H2,1-4H3,(H,34,35). The first-order valence-electron chi connectivity index (χ1n) is 12.4. The number of benzene rings is 1. The summed E-state index contributed by atoms with van der Waals surface area (Å²) < 4.78 is 30.1.